The third-order valence-corrected chi connectivity index (χ3v) is 6.28. The van der Waals surface area contributed by atoms with Gasteiger partial charge in [-0.2, -0.15) is 0 Å². The van der Waals surface area contributed by atoms with Crippen LogP contribution in [0.15, 0.2) is 36.9 Å². The first-order valence-electron chi connectivity index (χ1n) is 10.8. The summed E-state index contributed by atoms with van der Waals surface area (Å²) in [7, 11) is 1.74. The number of piperazine rings is 1. The predicted molar refractivity (Wildman–Crippen MR) is 113 cm³/mol. The number of benzene rings is 1. The molecule has 7 nitrogen and oxygen atoms in total. The van der Waals surface area contributed by atoms with Crippen LogP contribution in [0.2, 0.25) is 0 Å². The fourth-order valence-corrected chi connectivity index (χ4v) is 4.74. The van der Waals surface area contributed by atoms with Gasteiger partial charge in [-0.05, 0) is 29.3 Å². The maximum atomic E-state index is 5.73. The number of rotatable bonds is 7. The van der Waals surface area contributed by atoms with Crippen LogP contribution in [0.3, 0.4) is 0 Å². The van der Waals surface area contributed by atoms with Gasteiger partial charge < -0.3 is 4.74 Å². The fraction of sp³-hybridized carbons (Fsp3) is 0.591. The molecule has 2 fully saturated rings. The maximum Gasteiger partial charge on any atom is 0.173 e. The third-order valence-electron chi connectivity index (χ3n) is 6.28. The predicted octanol–water partition coefficient (Wildman–Crippen LogP) is 3.08. The van der Waals surface area contributed by atoms with E-state index < -0.39 is 0 Å². The average molecular weight is 397 g/mol. The fourth-order valence-electron chi connectivity index (χ4n) is 4.74. The highest BCUT2D eigenvalue weighted by molar-refractivity contribution is 5.39. The van der Waals surface area contributed by atoms with Crippen molar-refractivity contribution in [3.8, 4) is 5.75 Å². The summed E-state index contributed by atoms with van der Waals surface area (Å²) in [6.45, 7) is 8.78. The Kier molecular flexibility index (Phi) is 6.56. The summed E-state index contributed by atoms with van der Waals surface area (Å²) in [5, 5.41) is 13.1. The van der Waals surface area contributed by atoms with Gasteiger partial charge in [-0.1, -0.05) is 43.5 Å². The van der Waals surface area contributed by atoms with Crippen LogP contribution in [-0.2, 0) is 0 Å². The van der Waals surface area contributed by atoms with Gasteiger partial charge >= 0.3 is 0 Å². The Morgan fingerprint density at radius 1 is 1.14 bits per heavy atom. The van der Waals surface area contributed by atoms with Crippen molar-refractivity contribution in [1.82, 2.24) is 30.0 Å². The van der Waals surface area contributed by atoms with Crippen LogP contribution in [0.25, 0.3) is 0 Å². The van der Waals surface area contributed by atoms with E-state index in [4.69, 9.17) is 4.74 Å². The standard InChI is InChI=1S/C22H32N6O/c1-3-13-26-14-16-27(17-15-26)21(19-11-7-8-12-20(19)29-2)22-23-24-25-28(22)18-9-5-4-6-10-18/h3,7-8,11-12,18,21H,1,4-6,9-10,13-17H2,2H3. The Morgan fingerprint density at radius 2 is 1.90 bits per heavy atom. The molecule has 1 aliphatic carbocycles. The number of para-hydroxylation sites is 1. The molecule has 2 heterocycles. The summed E-state index contributed by atoms with van der Waals surface area (Å²) < 4.78 is 7.84. The molecule has 0 N–H and O–H groups in total. The van der Waals surface area contributed by atoms with Crippen molar-refractivity contribution in [2.75, 3.05) is 39.8 Å². The summed E-state index contributed by atoms with van der Waals surface area (Å²) >= 11 is 0. The number of tetrazole rings is 1. The first-order chi connectivity index (χ1) is 14.3. The smallest absolute Gasteiger partial charge is 0.173 e. The van der Waals surface area contributed by atoms with Gasteiger partial charge in [-0.25, -0.2) is 4.68 Å². The lowest BCUT2D eigenvalue weighted by Crippen LogP contribution is -2.48. The van der Waals surface area contributed by atoms with Crippen molar-refractivity contribution in [2.24, 2.45) is 0 Å². The van der Waals surface area contributed by atoms with E-state index in [9.17, 15) is 0 Å². The zero-order valence-electron chi connectivity index (χ0n) is 17.4. The van der Waals surface area contributed by atoms with E-state index >= 15 is 0 Å². The van der Waals surface area contributed by atoms with Gasteiger partial charge in [0, 0.05) is 38.3 Å². The van der Waals surface area contributed by atoms with Crippen LogP contribution in [-0.4, -0.2) is 69.8 Å². The molecular formula is C22H32N6O. The summed E-state index contributed by atoms with van der Waals surface area (Å²) in [6, 6.07) is 8.67. The zero-order chi connectivity index (χ0) is 20.1. The second kappa shape index (κ2) is 9.50. The number of nitrogens with zero attached hydrogens (tertiary/aromatic N) is 6. The maximum absolute atomic E-state index is 5.73. The van der Waals surface area contributed by atoms with Crippen LogP contribution >= 0.6 is 0 Å². The molecule has 1 unspecified atom stereocenters. The minimum absolute atomic E-state index is 0.00559. The molecule has 1 saturated carbocycles. The van der Waals surface area contributed by atoms with Gasteiger partial charge in [0.25, 0.3) is 0 Å². The second-order valence-corrected chi connectivity index (χ2v) is 8.04. The Labute approximate surface area is 173 Å². The van der Waals surface area contributed by atoms with E-state index in [1.807, 2.05) is 18.2 Å². The molecule has 1 saturated heterocycles. The van der Waals surface area contributed by atoms with Crippen molar-refractivity contribution >= 4 is 0 Å². The van der Waals surface area contributed by atoms with E-state index in [2.05, 4.69) is 48.7 Å². The monoisotopic (exact) mass is 396 g/mol. The minimum Gasteiger partial charge on any atom is -0.496 e. The number of hydrogen-bond acceptors (Lipinski definition) is 6. The minimum atomic E-state index is -0.00559. The summed E-state index contributed by atoms with van der Waals surface area (Å²) in [5.74, 6) is 1.84. The normalized spacial score (nSPS) is 20.4. The van der Waals surface area contributed by atoms with Gasteiger partial charge in [-0.15, -0.1) is 11.7 Å². The van der Waals surface area contributed by atoms with Gasteiger partial charge in [0.05, 0.1) is 13.2 Å². The van der Waals surface area contributed by atoms with Gasteiger partial charge in [0.2, 0.25) is 0 Å². The molecule has 0 spiro atoms. The molecule has 2 aromatic rings. The van der Waals surface area contributed by atoms with E-state index in [0.29, 0.717) is 6.04 Å². The topological polar surface area (TPSA) is 59.3 Å². The molecule has 0 amide bonds. The highest BCUT2D eigenvalue weighted by Gasteiger charge is 2.34. The molecule has 0 bridgehead atoms. The molecule has 0 radical (unpaired) electrons. The van der Waals surface area contributed by atoms with Crippen LogP contribution in [0, 0.1) is 0 Å². The highest BCUT2D eigenvalue weighted by atomic mass is 16.5. The summed E-state index contributed by atoms with van der Waals surface area (Å²) in [5.41, 5.74) is 1.14. The molecular weight excluding hydrogens is 364 g/mol. The number of hydrogen-bond donors (Lipinski definition) is 0. The van der Waals surface area contributed by atoms with Crippen LogP contribution in [0.5, 0.6) is 5.75 Å². The van der Waals surface area contributed by atoms with Crippen LogP contribution in [0.4, 0.5) is 0 Å². The molecule has 1 aromatic heterocycles. The molecule has 29 heavy (non-hydrogen) atoms. The zero-order valence-corrected chi connectivity index (χ0v) is 17.4. The quantitative estimate of drug-likeness (QED) is 0.671. The lowest BCUT2D eigenvalue weighted by molar-refractivity contribution is 0.109. The van der Waals surface area contributed by atoms with E-state index in [0.717, 1.165) is 62.7 Å². The first kappa shape index (κ1) is 20.0. The molecule has 1 aliphatic heterocycles. The lowest BCUT2D eigenvalue weighted by atomic mass is 9.95. The molecule has 4 rings (SSSR count). The molecule has 1 atom stereocenters. The SMILES string of the molecule is C=CCN1CCN(C(c2ccccc2OC)c2nnnn2C2CCCCC2)CC1. The Morgan fingerprint density at radius 3 is 2.62 bits per heavy atom. The second-order valence-electron chi connectivity index (χ2n) is 8.04. The highest BCUT2D eigenvalue weighted by Crippen LogP contribution is 2.37. The lowest BCUT2D eigenvalue weighted by Gasteiger charge is -2.39. The van der Waals surface area contributed by atoms with E-state index in [1.165, 1.54) is 19.3 Å². The summed E-state index contributed by atoms with van der Waals surface area (Å²) in [6.07, 6.45) is 8.12. The van der Waals surface area contributed by atoms with Crippen molar-refractivity contribution < 1.29 is 4.74 Å². The van der Waals surface area contributed by atoms with E-state index in [1.54, 1.807) is 7.11 Å². The summed E-state index contributed by atoms with van der Waals surface area (Å²) in [4.78, 5) is 4.94. The Bertz CT molecular complexity index is 792. The van der Waals surface area contributed by atoms with Gasteiger partial charge in [0.1, 0.15) is 11.8 Å². The van der Waals surface area contributed by atoms with Crippen LogP contribution in [0.1, 0.15) is 55.6 Å². The van der Waals surface area contributed by atoms with Crippen molar-refractivity contribution in [3.63, 3.8) is 0 Å². The molecule has 156 valence electrons. The van der Waals surface area contributed by atoms with Gasteiger partial charge in [-0.3, -0.25) is 9.80 Å². The first-order valence-corrected chi connectivity index (χ1v) is 10.8. The van der Waals surface area contributed by atoms with Crippen molar-refractivity contribution in [2.45, 2.75) is 44.2 Å². The Balaban J connectivity index is 1.68. The Hall–Kier alpha value is -2.25. The molecule has 7 heteroatoms. The number of aromatic nitrogens is 4. The van der Waals surface area contributed by atoms with Crippen LogP contribution < -0.4 is 4.74 Å². The molecule has 2 aliphatic rings. The molecule has 1 aromatic carbocycles. The van der Waals surface area contributed by atoms with Gasteiger partial charge in [0.15, 0.2) is 5.82 Å². The van der Waals surface area contributed by atoms with E-state index in [-0.39, 0.29) is 6.04 Å². The van der Waals surface area contributed by atoms with Crippen molar-refractivity contribution in [1.29, 1.82) is 0 Å². The van der Waals surface area contributed by atoms with Crippen molar-refractivity contribution in [3.05, 3.63) is 48.3 Å². The number of methoxy groups -OCH3 is 1. The third kappa shape index (κ3) is 4.36. The average Bonchev–Trinajstić information content (AvgIpc) is 3.26. The largest absolute Gasteiger partial charge is 0.496 e. The number of ether oxygens (including phenoxy) is 1.